The normalized spacial score (nSPS) is 14.4. The SMILES string of the molecule is COc1ccc(C2=CC(=O)N=N2)cc1. The van der Waals surface area contributed by atoms with Crippen molar-refractivity contribution in [2.75, 3.05) is 7.11 Å². The molecule has 1 heterocycles. The van der Waals surface area contributed by atoms with E-state index in [9.17, 15) is 4.79 Å². The van der Waals surface area contributed by atoms with Crippen LogP contribution in [0.15, 0.2) is 40.6 Å². The maximum absolute atomic E-state index is 10.8. The number of methoxy groups -OCH3 is 1. The lowest BCUT2D eigenvalue weighted by atomic mass is 10.1. The highest BCUT2D eigenvalue weighted by atomic mass is 16.5. The summed E-state index contributed by atoms with van der Waals surface area (Å²) in [6.07, 6.45) is 1.40. The Bertz CT molecular complexity index is 418. The van der Waals surface area contributed by atoms with Crippen molar-refractivity contribution < 1.29 is 9.53 Å². The van der Waals surface area contributed by atoms with Crippen LogP contribution in [0.1, 0.15) is 5.56 Å². The molecule has 0 N–H and O–H groups in total. The zero-order chi connectivity index (χ0) is 9.97. The monoisotopic (exact) mass is 188 g/mol. The van der Waals surface area contributed by atoms with E-state index in [4.69, 9.17) is 4.74 Å². The minimum Gasteiger partial charge on any atom is -0.497 e. The van der Waals surface area contributed by atoms with Crippen LogP contribution in [-0.4, -0.2) is 13.0 Å². The minimum absolute atomic E-state index is 0.309. The van der Waals surface area contributed by atoms with Crippen LogP contribution in [0, 0.1) is 0 Å². The smallest absolute Gasteiger partial charge is 0.290 e. The lowest BCUT2D eigenvalue weighted by molar-refractivity contribution is -0.113. The Balaban J connectivity index is 2.30. The molecule has 4 heteroatoms. The fourth-order valence-electron chi connectivity index (χ4n) is 1.18. The summed E-state index contributed by atoms with van der Waals surface area (Å²) in [5.41, 5.74) is 1.46. The molecule has 0 fully saturated rings. The van der Waals surface area contributed by atoms with Crippen LogP contribution in [0.5, 0.6) is 5.75 Å². The topological polar surface area (TPSA) is 51.0 Å². The van der Waals surface area contributed by atoms with Crippen molar-refractivity contribution in [3.05, 3.63) is 35.9 Å². The molecule has 1 amide bonds. The Hall–Kier alpha value is -1.97. The van der Waals surface area contributed by atoms with Crippen LogP contribution >= 0.6 is 0 Å². The molecular weight excluding hydrogens is 180 g/mol. The molecule has 4 nitrogen and oxygen atoms in total. The van der Waals surface area contributed by atoms with E-state index in [0.717, 1.165) is 11.3 Å². The molecule has 0 saturated heterocycles. The third-order valence-electron chi connectivity index (χ3n) is 1.90. The number of amides is 1. The number of benzene rings is 1. The first kappa shape index (κ1) is 8.62. The molecule has 0 aromatic heterocycles. The third kappa shape index (κ3) is 1.54. The second-order valence-corrected chi connectivity index (χ2v) is 2.80. The second-order valence-electron chi connectivity index (χ2n) is 2.80. The van der Waals surface area contributed by atoms with Gasteiger partial charge >= 0.3 is 0 Å². The zero-order valence-electron chi connectivity index (χ0n) is 7.60. The van der Waals surface area contributed by atoms with Crippen molar-refractivity contribution in [3.63, 3.8) is 0 Å². The molecule has 0 unspecified atom stereocenters. The number of nitrogens with zero attached hydrogens (tertiary/aromatic N) is 2. The molecule has 1 aliphatic rings. The third-order valence-corrected chi connectivity index (χ3v) is 1.90. The van der Waals surface area contributed by atoms with Gasteiger partial charge in [-0.1, -0.05) is 0 Å². The summed E-state index contributed by atoms with van der Waals surface area (Å²) in [7, 11) is 1.60. The number of carbonyl (C=O) groups is 1. The molecule has 0 radical (unpaired) electrons. The molecule has 14 heavy (non-hydrogen) atoms. The first-order valence-corrected chi connectivity index (χ1v) is 4.11. The summed E-state index contributed by atoms with van der Waals surface area (Å²) in [4.78, 5) is 10.8. The quantitative estimate of drug-likeness (QED) is 0.712. The fourth-order valence-corrected chi connectivity index (χ4v) is 1.18. The molecule has 0 saturated carbocycles. The van der Waals surface area contributed by atoms with E-state index in [-0.39, 0.29) is 5.91 Å². The van der Waals surface area contributed by atoms with Crippen LogP contribution in [0.4, 0.5) is 0 Å². The van der Waals surface area contributed by atoms with E-state index in [1.807, 2.05) is 24.3 Å². The molecule has 0 bridgehead atoms. The molecule has 0 atom stereocenters. The van der Waals surface area contributed by atoms with E-state index in [0.29, 0.717) is 5.70 Å². The summed E-state index contributed by atoms with van der Waals surface area (Å²) >= 11 is 0. The molecule has 1 aromatic carbocycles. The van der Waals surface area contributed by atoms with Crippen LogP contribution in [0.2, 0.25) is 0 Å². The largest absolute Gasteiger partial charge is 0.497 e. The zero-order valence-corrected chi connectivity index (χ0v) is 7.60. The molecule has 70 valence electrons. The van der Waals surface area contributed by atoms with Gasteiger partial charge in [0.15, 0.2) is 0 Å². The highest BCUT2D eigenvalue weighted by Crippen LogP contribution is 2.22. The summed E-state index contributed by atoms with van der Waals surface area (Å²) in [6.45, 7) is 0. The van der Waals surface area contributed by atoms with Gasteiger partial charge in [-0.2, -0.15) is 0 Å². The minimum atomic E-state index is -0.309. The average Bonchev–Trinajstić information content (AvgIpc) is 2.65. The maximum atomic E-state index is 10.8. The number of azo groups is 1. The lowest BCUT2D eigenvalue weighted by Gasteiger charge is -2.00. The van der Waals surface area contributed by atoms with Crippen molar-refractivity contribution >= 4 is 11.6 Å². The summed E-state index contributed by atoms with van der Waals surface area (Å²) < 4.78 is 5.01. The van der Waals surface area contributed by atoms with Gasteiger partial charge in [0.25, 0.3) is 5.91 Å². The summed E-state index contributed by atoms with van der Waals surface area (Å²) in [5.74, 6) is 0.464. The van der Waals surface area contributed by atoms with E-state index < -0.39 is 0 Å². The van der Waals surface area contributed by atoms with Gasteiger partial charge in [-0.15, -0.1) is 10.2 Å². The highest BCUT2D eigenvalue weighted by Gasteiger charge is 2.09. The Morgan fingerprint density at radius 3 is 2.36 bits per heavy atom. The van der Waals surface area contributed by atoms with Crippen molar-refractivity contribution in [2.45, 2.75) is 0 Å². The summed E-state index contributed by atoms with van der Waals surface area (Å²) in [5, 5.41) is 7.14. The highest BCUT2D eigenvalue weighted by molar-refractivity contribution is 5.98. The first-order valence-electron chi connectivity index (χ1n) is 4.11. The van der Waals surface area contributed by atoms with Gasteiger partial charge in [-0.05, 0) is 24.3 Å². The Morgan fingerprint density at radius 2 is 1.86 bits per heavy atom. The Labute approximate surface area is 80.9 Å². The van der Waals surface area contributed by atoms with E-state index in [2.05, 4.69) is 10.2 Å². The molecule has 1 aliphatic heterocycles. The van der Waals surface area contributed by atoms with E-state index in [1.54, 1.807) is 7.11 Å². The van der Waals surface area contributed by atoms with Crippen molar-refractivity contribution in [1.29, 1.82) is 0 Å². The predicted molar refractivity (Wildman–Crippen MR) is 50.8 cm³/mol. The molecule has 0 aliphatic carbocycles. The molecule has 1 aromatic rings. The number of hydrogen-bond acceptors (Lipinski definition) is 3. The number of ether oxygens (including phenoxy) is 1. The van der Waals surface area contributed by atoms with Crippen molar-refractivity contribution in [3.8, 4) is 5.75 Å². The Morgan fingerprint density at radius 1 is 1.14 bits per heavy atom. The predicted octanol–water partition coefficient (Wildman–Crippen LogP) is 2.03. The molecule has 0 spiro atoms. The van der Waals surface area contributed by atoms with Gasteiger partial charge in [0, 0.05) is 11.6 Å². The Kier molecular flexibility index (Phi) is 2.10. The van der Waals surface area contributed by atoms with Crippen LogP contribution in [-0.2, 0) is 4.79 Å². The van der Waals surface area contributed by atoms with Gasteiger partial charge in [-0.3, -0.25) is 4.79 Å². The first-order chi connectivity index (χ1) is 6.79. The van der Waals surface area contributed by atoms with E-state index in [1.165, 1.54) is 6.08 Å². The molecular formula is C10H8N2O2. The van der Waals surface area contributed by atoms with Crippen molar-refractivity contribution in [2.24, 2.45) is 10.2 Å². The number of carbonyl (C=O) groups excluding carboxylic acids is 1. The van der Waals surface area contributed by atoms with Crippen LogP contribution in [0.25, 0.3) is 5.70 Å². The lowest BCUT2D eigenvalue weighted by Crippen LogP contribution is -1.84. The van der Waals surface area contributed by atoms with Gasteiger partial charge in [-0.25, -0.2) is 0 Å². The molecule has 2 rings (SSSR count). The van der Waals surface area contributed by atoms with Crippen LogP contribution < -0.4 is 4.74 Å². The van der Waals surface area contributed by atoms with Crippen LogP contribution in [0.3, 0.4) is 0 Å². The maximum Gasteiger partial charge on any atom is 0.290 e. The second kappa shape index (κ2) is 3.41. The fraction of sp³-hybridized carbons (Fsp3) is 0.100. The average molecular weight is 188 g/mol. The van der Waals surface area contributed by atoms with Gasteiger partial charge < -0.3 is 4.74 Å². The summed E-state index contributed by atoms with van der Waals surface area (Å²) in [6, 6.07) is 7.30. The van der Waals surface area contributed by atoms with Gasteiger partial charge in [0.05, 0.1) is 12.8 Å². The van der Waals surface area contributed by atoms with Gasteiger partial charge in [0.1, 0.15) is 5.75 Å². The standard InChI is InChI=1S/C10H8N2O2/c1-14-8-4-2-7(3-5-8)9-6-10(13)12-11-9/h2-6H,1H3. The van der Waals surface area contributed by atoms with Crippen molar-refractivity contribution in [1.82, 2.24) is 0 Å². The van der Waals surface area contributed by atoms with Gasteiger partial charge in [0.2, 0.25) is 0 Å². The number of hydrogen-bond donors (Lipinski definition) is 0. The number of rotatable bonds is 2. The van der Waals surface area contributed by atoms with E-state index >= 15 is 0 Å².